The minimum atomic E-state index is 0.270. The molecule has 0 bridgehead atoms. The van der Waals surface area contributed by atoms with Crippen molar-refractivity contribution in [2.24, 2.45) is 5.92 Å². The maximum absolute atomic E-state index is 12.5. The second-order valence-corrected chi connectivity index (χ2v) is 5.95. The smallest absolute Gasteiger partial charge is 0.222 e. The Bertz CT molecular complexity index is 474. The lowest BCUT2D eigenvalue weighted by Crippen LogP contribution is -2.42. The topological polar surface area (TPSA) is 41.6 Å². The molecule has 1 aromatic rings. The summed E-state index contributed by atoms with van der Waals surface area (Å²) in [5.74, 6) is 1.77. The van der Waals surface area contributed by atoms with Gasteiger partial charge in [0.25, 0.3) is 0 Å². The van der Waals surface area contributed by atoms with Crippen molar-refractivity contribution in [1.82, 2.24) is 10.2 Å². The Morgan fingerprint density at radius 1 is 1.41 bits per heavy atom. The number of carbonyl (C=O) groups is 1. The van der Waals surface area contributed by atoms with Gasteiger partial charge in [-0.25, -0.2) is 0 Å². The molecule has 1 aliphatic rings. The number of carbonyl (C=O) groups excluding carboxylic acids is 1. The molecule has 2 rings (SSSR count). The van der Waals surface area contributed by atoms with E-state index in [-0.39, 0.29) is 5.91 Å². The van der Waals surface area contributed by atoms with Gasteiger partial charge in [0.15, 0.2) is 0 Å². The lowest BCUT2D eigenvalue weighted by atomic mass is 9.97. The number of likely N-dealkylation sites (tertiary alicyclic amines) is 1. The number of hydrogen-bond donors (Lipinski definition) is 1. The zero-order valence-electron chi connectivity index (χ0n) is 13.8. The van der Waals surface area contributed by atoms with Gasteiger partial charge < -0.3 is 15.0 Å². The van der Waals surface area contributed by atoms with Crippen molar-refractivity contribution in [3.63, 3.8) is 0 Å². The summed E-state index contributed by atoms with van der Waals surface area (Å²) in [4.78, 5) is 14.5. The number of amides is 1. The second kappa shape index (κ2) is 8.79. The number of ether oxygens (including phenoxy) is 1. The van der Waals surface area contributed by atoms with Gasteiger partial charge in [-0.2, -0.15) is 0 Å². The van der Waals surface area contributed by atoms with Gasteiger partial charge in [0, 0.05) is 19.5 Å². The molecule has 4 nitrogen and oxygen atoms in total. The van der Waals surface area contributed by atoms with E-state index in [9.17, 15) is 4.79 Å². The van der Waals surface area contributed by atoms with Crippen molar-refractivity contribution < 1.29 is 9.53 Å². The van der Waals surface area contributed by atoms with Gasteiger partial charge in [0.2, 0.25) is 5.91 Å². The Labute approximate surface area is 133 Å². The normalized spacial score (nSPS) is 18.3. The van der Waals surface area contributed by atoms with Gasteiger partial charge in [-0.05, 0) is 57.3 Å². The van der Waals surface area contributed by atoms with Crippen LogP contribution in [0.25, 0.3) is 0 Å². The fourth-order valence-corrected chi connectivity index (χ4v) is 3.15. The predicted molar refractivity (Wildman–Crippen MR) is 89.2 cm³/mol. The molecule has 1 unspecified atom stereocenters. The molecule has 0 spiro atoms. The van der Waals surface area contributed by atoms with Crippen molar-refractivity contribution in [2.75, 3.05) is 33.3 Å². The quantitative estimate of drug-likeness (QED) is 0.841. The first kappa shape index (κ1) is 16.8. The van der Waals surface area contributed by atoms with Crippen LogP contribution in [0.5, 0.6) is 5.75 Å². The van der Waals surface area contributed by atoms with Crippen LogP contribution in [0.4, 0.5) is 0 Å². The summed E-state index contributed by atoms with van der Waals surface area (Å²) in [5.41, 5.74) is 1.13. The van der Waals surface area contributed by atoms with Crippen LogP contribution in [-0.2, 0) is 11.2 Å². The highest BCUT2D eigenvalue weighted by molar-refractivity contribution is 5.76. The van der Waals surface area contributed by atoms with E-state index in [1.807, 2.05) is 37.1 Å². The zero-order chi connectivity index (χ0) is 15.8. The monoisotopic (exact) mass is 304 g/mol. The number of benzene rings is 1. The third-order valence-electron chi connectivity index (χ3n) is 4.25. The van der Waals surface area contributed by atoms with Crippen molar-refractivity contribution in [3.05, 3.63) is 29.8 Å². The molecule has 1 N–H and O–H groups in total. The summed E-state index contributed by atoms with van der Waals surface area (Å²) in [5, 5.41) is 3.22. The van der Waals surface area contributed by atoms with Gasteiger partial charge in [-0.1, -0.05) is 18.2 Å². The fraction of sp³-hybridized carbons (Fsp3) is 0.611. The summed E-state index contributed by atoms with van der Waals surface area (Å²) in [6.07, 6.45) is 3.66. The molecule has 0 radical (unpaired) electrons. The maximum Gasteiger partial charge on any atom is 0.222 e. The first-order valence-electron chi connectivity index (χ1n) is 8.37. The standard InChI is InChI=1S/C18H28N2O2/c1-3-22-17-9-5-4-8-16(17)10-11-18(21)20-12-6-7-15(14-20)13-19-2/h4-5,8-9,15,19H,3,6-7,10-14H2,1-2H3. The number of rotatable bonds is 7. The average Bonchev–Trinajstić information content (AvgIpc) is 2.54. The van der Waals surface area contributed by atoms with Crippen molar-refractivity contribution >= 4 is 5.91 Å². The SMILES string of the molecule is CCOc1ccccc1CCC(=O)N1CCCC(CNC)C1. The molecule has 0 saturated carbocycles. The molecular weight excluding hydrogens is 276 g/mol. The number of piperidine rings is 1. The number of aryl methyl sites for hydroxylation is 1. The van der Waals surface area contributed by atoms with E-state index in [1.54, 1.807) is 0 Å². The van der Waals surface area contributed by atoms with Gasteiger partial charge in [-0.3, -0.25) is 4.79 Å². The summed E-state index contributed by atoms with van der Waals surface area (Å²) in [6.45, 7) is 5.44. The Kier molecular flexibility index (Phi) is 6.72. The lowest BCUT2D eigenvalue weighted by Gasteiger charge is -2.32. The highest BCUT2D eigenvalue weighted by atomic mass is 16.5. The van der Waals surface area contributed by atoms with E-state index in [0.717, 1.165) is 43.8 Å². The molecule has 1 amide bonds. The van der Waals surface area contributed by atoms with Crippen LogP contribution >= 0.6 is 0 Å². The van der Waals surface area contributed by atoms with Gasteiger partial charge >= 0.3 is 0 Å². The molecule has 1 fully saturated rings. The Balaban J connectivity index is 1.87. The van der Waals surface area contributed by atoms with Crippen molar-refractivity contribution in [3.8, 4) is 5.75 Å². The van der Waals surface area contributed by atoms with Crippen LogP contribution < -0.4 is 10.1 Å². The third-order valence-corrected chi connectivity index (χ3v) is 4.25. The molecular formula is C18H28N2O2. The molecule has 0 aliphatic carbocycles. The predicted octanol–water partition coefficient (Wildman–Crippen LogP) is 2.48. The van der Waals surface area contributed by atoms with Crippen molar-refractivity contribution in [2.45, 2.75) is 32.6 Å². The highest BCUT2D eigenvalue weighted by Crippen LogP contribution is 2.21. The Morgan fingerprint density at radius 3 is 3.00 bits per heavy atom. The first-order valence-corrected chi connectivity index (χ1v) is 8.37. The molecule has 122 valence electrons. The van der Waals surface area contributed by atoms with Crippen molar-refractivity contribution in [1.29, 1.82) is 0 Å². The molecule has 1 atom stereocenters. The summed E-state index contributed by atoms with van der Waals surface area (Å²) >= 11 is 0. The second-order valence-electron chi connectivity index (χ2n) is 5.95. The van der Waals surface area contributed by atoms with E-state index in [2.05, 4.69) is 11.4 Å². The number of hydrogen-bond acceptors (Lipinski definition) is 3. The van der Waals surface area contributed by atoms with E-state index < -0.39 is 0 Å². The molecule has 0 aromatic heterocycles. The molecule has 1 aliphatic heterocycles. The Morgan fingerprint density at radius 2 is 2.23 bits per heavy atom. The van der Waals surface area contributed by atoms with Crippen LogP contribution in [0.2, 0.25) is 0 Å². The van der Waals surface area contributed by atoms with E-state index in [4.69, 9.17) is 4.74 Å². The summed E-state index contributed by atoms with van der Waals surface area (Å²) < 4.78 is 5.63. The largest absolute Gasteiger partial charge is 0.494 e. The Hall–Kier alpha value is -1.55. The average molecular weight is 304 g/mol. The minimum absolute atomic E-state index is 0.270. The minimum Gasteiger partial charge on any atom is -0.494 e. The molecule has 1 saturated heterocycles. The number of nitrogens with one attached hydrogen (secondary N) is 1. The summed E-state index contributed by atoms with van der Waals surface area (Å²) in [6, 6.07) is 8.01. The van der Waals surface area contributed by atoms with Crippen LogP contribution in [-0.4, -0.2) is 44.1 Å². The number of para-hydroxylation sites is 1. The lowest BCUT2D eigenvalue weighted by molar-refractivity contribution is -0.132. The van der Waals surface area contributed by atoms with E-state index in [0.29, 0.717) is 18.9 Å². The molecule has 1 aromatic carbocycles. The van der Waals surface area contributed by atoms with Gasteiger partial charge in [0.1, 0.15) is 5.75 Å². The summed E-state index contributed by atoms with van der Waals surface area (Å²) in [7, 11) is 1.98. The highest BCUT2D eigenvalue weighted by Gasteiger charge is 2.23. The zero-order valence-corrected chi connectivity index (χ0v) is 13.8. The van der Waals surface area contributed by atoms with Gasteiger partial charge in [-0.15, -0.1) is 0 Å². The molecule has 1 heterocycles. The number of nitrogens with zero attached hydrogens (tertiary/aromatic N) is 1. The fourth-order valence-electron chi connectivity index (χ4n) is 3.15. The van der Waals surface area contributed by atoms with Crippen LogP contribution in [0.15, 0.2) is 24.3 Å². The maximum atomic E-state index is 12.5. The van der Waals surface area contributed by atoms with Gasteiger partial charge in [0.05, 0.1) is 6.61 Å². The van der Waals surface area contributed by atoms with Crippen LogP contribution in [0, 0.1) is 5.92 Å². The third kappa shape index (κ3) is 4.73. The molecule has 4 heteroatoms. The first-order chi connectivity index (χ1) is 10.7. The van der Waals surface area contributed by atoms with E-state index >= 15 is 0 Å². The molecule has 22 heavy (non-hydrogen) atoms. The van der Waals surface area contributed by atoms with Crippen LogP contribution in [0.3, 0.4) is 0 Å². The van der Waals surface area contributed by atoms with Crippen LogP contribution in [0.1, 0.15) is 31.7 Å². The van der Waals surface area contributed by atoms with E-state index in [1.165, 1.54) is 6.42 Å².